The standard InChI is InChI=1S/C10H24N2O/c1-4-7-12(5-2)8-6-11-9-10(3)13/h10-11,13H,4-9H2,1-3H3. The first-order chi connectivity index (χ1) is 6.20. The summed E-state index contributed by atoms with van der Waals surface area (Å²) in [7, 11) is 0. The van der Waals surface area contributed by atoms with E-state index < -0.39 is 0 Å². The molecule has 0 saturated heterocycles. The number of nitrogens with zero attached hydrogens (tertiary/aromatic N) is 1. The van der Waals surface area contributed by atoms with Crippen molar-refractivity contribution in [3.8, 4) is 0 Å². The molecule has 1 atom stereocenters. The van der Waals surface area contributed by atoms with Crippen LogP contribution in [0.15, 0.2) is 0 Å². The molecule has 3 nitrogen and oxygen atoms in total. The Morgan fingerprint density at radius 3 is 2.46 bits per heavy atom. The first-order valence-electron chi connectivity index (χ1n) is 5.31. The molecule has 0 amide bonds. The minimum absolute atomic E-state index is 0.235. The van der Waals surface area contributed by atoms with Crippen LogP contribution in [0.4, 0.5) is 0 Å². The average molecular weight is 188 g/mol. The van der Waals surface area contributed by atoms with Crippen LogP contribution in [-0.4, -0.2) is 48.8 Å². The molecule has 0 saturated carbocycles. The fraction of sp³-hybridized carbons (Fsp3) is 1.00. The molecule has 3 heteroatoms. The lowest BCUT2D eigenvalue weighted by Crippen LogP contribution is -2.35. The lowest BCUT2D eigenvalue weighted by molar-refractivity contribution is 0.188. The molecule has 0 radical (unpaired) electrons. The predicted molar refractivity (Wildman–Crippen MR) is 57.0 cm³/mol. The highest BCUT2D eigenvalue weighted by Crippen LogP contribution is 1.88. The van der Waals surface area contributed by atoms with Crippen molar-refractivity contribution < 1.29 is 5.11 Å². The van der Waals surface area contributed by atoms with E-state index in [9.17, 15) is 0 Å². The molecule has 0 aromatic carbocycles. The van der Waals surface area contributed by atoms with Crippen molar-refractivity contribution in [2.24, 2.45) is 0 Å². The summed E-state index contributed by atoms with van der Waals surface area (Å²) in [4.78, 5) is 2.41. The van der Waals surface area contributed by atoms with Crippen molar-refractivity contribution in [2.45, 2.75) is 33.3 Å². The van der Waals surface area contributed by atoms with Crippen LogP contribution in [0, 0.1) is 0 Å². The fourth-order valence-electron chi connectivity index (χ4n) is 1.29. The van der Waals surface area contributed by atoms with Crippen molar-refractivity contribution in [3.63, 3.8) is 0 Å². The quantitative estimate of drug-likeness (QED) is 0.550. The Labute approximate surface area is 82.1 Å². The molecule has 0 rings (SSSR count). The van der Waals surface area contributed by atoms with Crippen molar-refractivity contribution >= 4 is 0 Å². The van der Waals surface area contributed by atoms with Crippen LogP contribution in [-0.2, 0) is 0 Å². The van der Waals surface area contributed by atoms with E-state index in [4.69, 9.17) is 5.11 Å². The maximum atomic E-state index is 9.00. The third kappa shape index (κ3) is 8.22. The van der Waals surface area contributed by atoms with Gasteiger partial charge in [0, 0.05) is 19.6 Å². The van der Waals surface area contributed by atoms with E-state index in [-0.39, 0.29) is 6.10 Å². The molecule has 13 heavy (non-hydrogen) atoms. The van der Waals surface area contributed by atoms with E-state index in [1.165, 1.54) is 13.0 Å². The van der Waals surface area contributed by atoms with Crippen LogP contribution in [0.1, 0.15) is 27.2 Å². The van der Waals surface area contributed by atoms with Gasteiger partial charge in [-0.05, 0) is 26.4 Å². The summed E-state index contributed by atoms with van der Waals surface area (Å²) in [6, 6.07) is 0. The molecule has 0 fully saturated rings. The summed E-state index contributed by atoms with van der Waals surface area (Å²) in [5.41, 5.74) is 0. The molecule has 80 valence electrons. The van der Waals surface area contributed by atoms with E-state index in [0.717, 1.165) is 19.6 Å². The second-order valence-corrected chi connectivity index (χ2v) is 3.49. The highest BCUT2D eigenvalue weighted by Gasteiger charge is 2.00. The van der Waals surface area contributed by atoms with Gasteiger partial charge in [0.1, 0.15) is 0 Å². The number of hydrogen-bond acceptors (Lipinski definition) is 3. The largest absolute Gasteiger partial charge is 0.392 e. The van der Waals surface area contributed by atoms with Crippen LogP contribution in [0.25, 0.3) is 0 Å². The van der Waals surface area contributed by atoms with Gasteiger partial charge in [0.15, 0.2) is 0 Å². The van der Waals surface area contributed by atoms with Crippen molar-refractivity contribution in [3.05, 3.63) is 0 Å². The zero-order valence-electron chi connectivity index (χ0n) is 9.21. The summed E-state index contributed by atoms with van der Waals surface area (Å²) in [6.07, 6.45) is 0.978. The molecule has 0 aromatic rings. The molecular formula is C10H24N2O. The zero-order valence-corrected chi connectivity index (χ0v) is 9.21. The Morgan fingerprint density at radius 1 is 1.31 bits per heavy atom. The summed E-state index contributed by atoms with van der Waals surface area (Å²) >= 11 is 0. The van der Waals surface area contributed by atoms with Gasteiger partial charge in [0.2, 0.25) is 0 Å². The van der Waals surface area contributed by atoms with Crippen LogP contribution in [0.2, 0.25) is 0 Å². The molecule has 2 N–H and O–H groups in total. The molecule has 0 aliphatic carbocycles. The first kappa shape index (κ1) is 12.9. The predicted octanol–water partition coefficient (Wildman–Crippen LogP) is 0.689. The summed E-state index contributed by atoms with van der Waals surface area (Å²) in [5, 5.41) is 12.2. The molecule has 0 aliphatic heterocycles. The van der Waals surface area contributed by atoms with Crippen LogP contribution >= 0.6 is 0 Å². The Kier molecular flexibility index (Phi) is 8.40. The van der Waals surface area contributed by atoms with E-state index in [1.807, 2.05) is 0 Å². The summed E-state index contributed by atoms with van der Waals surface area (Å²) in [5.74, 6) is 0. The Bertz CT molecular complexity index is 107. The van der Waals surface area contributed by atoms with E-state index in [0.29, 0.717) is 6.54 Å². The van der Waals surface area contributed by atoms with Gasteiger partial charge in [0.25, 0.3) is 0 Å². The van der Waals surface area contributed by atoms with E-state index >= 15 is 0 Å². The van der Waals surface area contributed by atoms with Crippen LogP contribution in [0.3, 0.4) is 0 Å². The number of aliphatic hydroxyl groups excluding tert-OH is 1. The first-order valence-corrected chi connectivity index (χ1v) is 5.31. The molecule has 0 aliphatic rings. The van der Waals surface area contributed by atoms with Gasteiger partial charge in [-0.25, -0.2) is 0 Å². The van der Waals surface area contributed by atoms with E-state index in [1.54, 1.807) is 6.92 Å². The molecule has 1 unspecified atom stereocenters. The van der Waals surface area contributed by atoms with Crippen LogP contribution in [0.5, 0.6) is 0 Å². The molecular weight excluding hydrogens is 164 g/mol. The lowest BCUT2D eigenvalue weighted by atomic mass is 10.3. The van der Waals surface area contributed by atoms with Gasteiger partial charge in [-0.2, -0.15) is 0 Å². The minimum atomic E-state index is -0.235. The topological polar surface area (TPSA) is 35.5 Å². The second-order valence-electron chi connectivity index (χ2n) is 3.49. The van der Waals surface area contributed by atoms with Crippen molar-refractivity contribution in [1.29, 1.82) is 0 Å². The fourth-order valence-corrected chi connectivity index (χ4v) is 1.29. The molecule has 0 spiro atoms. The van der Waals surface area contributed by atoms with Gasteiger partial charge in [0.05, 0.1) is 6.10 Å². The van der Waals surface area contributed by atoms with Gasteiger partial charge in [-0.15, -0.1) is 0 Å². The smallest absolute Gasteiger partial charge is 0.0636 e. The average Bonchev–Trinajstić information content (AvgIpc) is 2.10. The van der Waals surface area contributed by atoms with Crippen molar-refractivity contribution in [2.75, 3.05) is 32.7 Å². The molecule has 0 bridgehead atoms. The Hall–Kier alpha value is -0.120. The van der Waals surface area contributed by atoms with Gasteiger partial charge in [-0.3, -0.25) is 0 Å². The number of aliphatic hydroxyl groups is 1. The third-order valence-electron chi connectivity index (χ3n) is 2.03. The van der Waals surface area contributed by atoms with E-state index in [2.05, 4.69) is 24.1 Å². The molecule has 0 heterocycles. The Morgan fingerprint density at radius 2 is 2.00 bits per heavy atom. The summed E-state index contributed by atoms with van der Waals surface area (Å²) < 4.78 is 0. The highest BCUT2D eigenvalue weighted by atomic mass is 16.3. The Balaban J connectivity index is 3.27. The minimum Gasteiger partial charge on any atom is -0.392 e. The number of rotatable bonds is 8. The van der Waals surface area contributed by atoms with Gasteiger partial charge >= 0.3 is 0 Å². The third-order valence-corrected chi connectivity index (χ3v) is 2.03. The number of nitrogens with one attached hydrogen (secondary N) is 1. The second kappa shape index (κ2) is 8.48. The maximum absolute atomic E-state index is 9.00. The molecule has 0 aromatic heterocycles. The number of hydrogen-bond donors (Lipinski definition) is 2. The van der Waals surface area contributed by atoms with Crippen molar-refractivity contribution in [1.82, 2.24) is 10.2 Å². The normalized spacial score (nSPS) is 13.6. The maximum Gasteiger partial charge on any atom is 0.0636 e. The summed E-state index contributed by atoms with van der Waals surface area (Å²) in [6.45, 7) is 11.2. The number of likely N-dealkylation sites (N-methyl/N-ethyl adjacent to an activating group) is 1. The zero-order chi connectivity index (χ0) is 10.1. The van der Waals surface area contributed by atoms with Gasteiger partial charge in [-0.1, -0.05) is 13.8 Å². The highest BCUT2D eigenvalue weighted by molar-refractivity contribution is 4.58. The van der Waals surface area contributed by atoms with Crippen LogP contribution < -0.4 is 5.32 Å². The monoisotopic (exact) mass is 188 g/mol. The lowest BCUT2D eigenvalue weighted by Gasteiger charge is -2.19. The van der Waals surface area contributed by atoms with Gasteiger partial charge < -0.3 is 15.3 Å². The SMILES string of the molecule is CCCN(CC)CCNCC(C)O.